The molecule has 0 saturated carbocycles. The van der Waals surface area contributed by atoms with Crippen LogP contribution in [0.4, 0.5) is 4.39 Å². The molecule has 5 heteroatoms. The summed E-state index contributed by atoms with van der Waals surface area (Å²) in [5.74, 6) is -0.0387. The van der Waals surface area contributed by atoms with E-state index in [1.165, 1.54) is 13.2 Å². The Bertz CT molecular complexity index is 492. The minimum absolute atomic E-state index is 0.0319. The molecular weight excluding hydrogens is 257 g/mol. The van der Waals surface area contributed by atoms with Crippen LogP contribution >= 0.6 is 0 Å². The first-order chi connectivity index (χ1) is 9.63. The summed E-state index contributed by atoms with van der Waals surface area (Å²) >= 11 is 0. The Labute approximate surface area is 119 Å². The molecule has 1 aromatic carbocycles. The number of benzene rings is 1. The third-order valence-electron chi connectivity index (χ3n) is 3.76. The fraction of sp³-hybridized carbons (Fsp3) is 0.533. The van der Waals surface area contributed by atoms with E-state index in [-0.39, 0.29) is 17.6 Å². The summed E-state index contributed by atoms with van der Waals surface area (Å²) in [6.45, 7) is 6.23. The van der Waals surface area contributed by atoms with Crippen molar-refractivity contribution in [1.29, 1.82) is 5.26 Å². The van der Waals surface area contributed by atoms with Crippen LogP contribution in [-0.2, 0) is 6.54 Å². The van der Waals surface area contributed by atoms with Gasteiger partial charge in [-0.15, -0.1) is 0 Å². The van der Waals surface area contributed by atoms with Gasteiger partial charge < -0.3 is 4.74 Å². The van der Waals surface area contributed by atoms with E-state index < -0.39 is 0 Å². The van der Waals surface area contributed by atoms with Crippen molar-refractivity contribution in [2.45, 2.75) is 19.5 Å². The van der Waals surface area contributed by atoms with Crippen LogP contribution in [0.2, 0.25) is 0 Å². The van der Waals surface area contributed by atoms with Gasteiger partial charge in [-0.1, -0.05) is 6.07 Å². The van der Waals surface area contributed by atoms with Crippen LogP contribution in [0.1, 0.15) is 12.5 Å². The van der Waals surface area contributed by atoms with Gasteiger partial charge in [0.2, 0.25) is 0 Å². The molecular formula is C15H20FN3O. The van der Waals surface area contributed by atoms with Crippen molar-refractivity contribution in [3.8, 4) is 11.8 Å². The largest absolute Gasteiger partial charge is 0.494 e. The second-order valence-corrected chi connectivity index (χ2v) is 5.09. The molecule has 20 heavy (non-hydrogen) atoms. The van der Waals surface area contributed by atoms with E-state index >= 15 is 0 Å². The monoisotopic (exact) mass is 277 g/mol. The third-order valence-corrected chi connectivity index (χ3v) is 3.76. The number of hydrogen-bond acceptors (Lipinski definition) is 4. The number of halogens is 1. The summed E-state index contributed by atoms with van der Waals surface area (Å²) in [5.41, 5.74) is 0.949. The normalized spacial score (nSPS) is 18.5. The number of nitriles is 1. The Morgan fingerprint density at radius 1 is 1.35 bits per heavy atom. The number of rotatable bonds is 4. The Balaban J connectivity index is 1.90. The van der Waals surface area contributed by atoms with Crippen molar-refractivity contribution in [2.24, 2.45) is 0 Å². The van der Waals surface area contributed by atoms with E-state index in [2.05, 4.69) is 15.9 Å². The predicted molar refractivity (Wildman–Crippen MR) is 74.9 cm³/mol. The lowest BCUT2D eigenvalue weighted by Crippen LogP contribution is -2.48. The van der Waals surface area contributed by atoms with E-state index in [0.29, 0.717) is 0 Å². The molecule has 0 N–H and O–H groups in total. The summed E-state index contributed by atoms with van der Waals surface area (Å²) in [7, 11) is 1.47. The molecule has 4 nitrogen and oxygen atoms in total. The second kappa shape index (κ2) is 6.69. The quantitative estimate of drug-likeness (QED) is 0.842. The molecule has 1 heterocycles. The van der Waals surface area contributed by atoms with Gasteiger partial charge >= 0.3 is 0 Å². The van der Waals surface area contributed by atoms with E-state index in [1.54, 1.807) is 6.07 Å². The number of hydrogen-bond donors (Lipinski definition) is 0. The topological polar surface area (TPSA) is 39.5 Å². The zero-order valence-corrected chi connectivity index (χ0v) is 12.0. The molecule has 1 atom stereocenters. The van der Waals surface area contributed by atoms with Crippen molar-refractivity contribution < 1.29 is 9.13 Å². The van der Waals surface area contributed by atoms with Crippen molar-refractivity contribution >= 4 is 0 Å². The summed E-state index contributed by atoms with van der Waals surface area (Å²) in [6, 6.07) is 7.32. The molecule has 1 unspecified atom stereocenters. The number of piperazine rings is 1. The number of ether oxygens (including phenoxy) is 1. The minimum atomic E-state index is -0.318. The van der Waals surface area contributed by atoms with Crippen LogP contribution in [0, 0.1) is 17.1 Å². The highest BCUT2D eigenvalue weighted by Gasteiger charge is 2.20. The van der Waals surface area contributed by atoms with Gasteiger partial charge in [-0.3, -0.25) is 9.80 Å². The maximum absolute atomic E-state index is 13.6. The Kier molecular flexibility index (Phi) is 4.94. The fourth-order valence-electron chi connectivity index (χ4n) is 2.46. The molecule has 0 spiro atoms. The SMILES string of the molecule is COc1ccc(CN2CCN(C(C)C#N)CC2)cc1F. The van der Waals surface area contributed by atoms with Crippen molar-refractivity contribution in [1.82, 2.24) is 9.80 Å². The molecule has 0 amide bonds. The zero-order chi connectivity index (χ0) is 14.5. The van der Waals surface area contributed by atoms with Gasteiger partial charge in [0.05, 0.1) is 19.2 Å². The molecule has 0 aromatic heterocycles. The Morgan fingerprint density at radius 3 is 2.60 bits per heavy atom. The summed E-state index contributed by atoms with van der Waals surface area (Å²) in [6.07, 6.45) is 0. The van der Waals surface area contributed by atoms with Gasteiger partial charge in [-0.25, -0.2) is 4.39 Å². The summed E-state index contributed by atoms with van der Waals surface area (Å²) in [4.78, 5) is 4.45. The molecule has 1 aliphatic heterocycles. The Hall–Kier alpha value is -1.64. The molecule has 2 rings (SSSR count). The van der Waals surface area contributed by atoms with Crippen molar-refractivity contribution in [3.05, 3.63) is 29.6 Å². The lowest BCUT2D eigenvalue weighted by molar-refractivity contribution is 0.114. The first-order valence-electron chi connectivity index (χ1n) is 6.82. The van der Waals surface area contributed by atoms with Gasteiger partial charge in [-0.2, -0.15) is 5.26 Å². The average Bonchev–Trinajstić information content (AvgIpc) is 2.47. The van der Waals surface area contributed by atoms with Gasteiger partial charge in [0.15, 0.2) is 11.6 Å². The average molecular weight is 277 g/mol. The van der Waals surface area contributed by atoms with E-state index in [9.17, 15) is 4.39 Å². The van der Waals surface area contributed by atoms with E-state index in [0.717, 1.165) is 38.3 Å². The van der Waals surface area contributed by atoms with Crippen molar-refractivity contribution in [3.63, 3.8) is 0 Å². The zero-order valence-electron chi connectivity index (χ0n) is 12.0. The lowest BCUT2D eigenvalue weighted by atomic mass is 10.1. The number of methoxy groups -OCH3 is 1. The maximum Gasteiger partial charge on any atom is 0.165 e. The van der Waals surface area contributed by atoms with Gasteiger partial charge in [0.1, 0.15) is 0 Å². The van der Waals surface area contributed by atoms with Crippen LogP contribution in [-0.4, -0.2) is 49.1 Å². The first-order valence-corrected chi connectivity index (χ1v) is 6.82. The summed E-state index contributed by atoms with van der Waals surface area (Å²) < 4.78 is 18.5. The molecule has 1 aromatic rings. The minimum Gasteiger partial charge on any atom is -0.494 e. The maximum atomic E-state index is 13.6. The molecule has 0 aliphatic carbocycles. The smallest absolute Gasteiger partial charge is 0.165 e. The van der Waals surface area contributed by atoms with Gasteiger partial charge in [0, 0.05) is 32.7 Å². The third kappa shape index (κ3) is 3.47. The van der Waals surface area contributed by atoms with Gasteiger partial charge in [-0.05, 0) is 24.6 Å². The van der Waals surface area contributed by atoms with Crippen LogP contribution in [0.5, 0.6) is 5.75 Å². The molecule has 1 saturated heterocycles. The first kappa shape index (κ1) is 14.8. The van der Waals surface area contributed by atoms with Crippen LogP contribution < -0.4 is 4.74 Å². The molecule has 1 aliphatic rings. The van der Waals surface area contributed by atoms with E-state index in [1.807, 2.05) is 13.0 Å². The highest BCUT2D eigenvalue weighted by molar-refractivity contribution is 5.29. The highest BCUT2D eigenvalue weighted by atomic mass is 19.1. The molecule has 0 bridgehead atoms. The second-order valence-electron chi connectivity index (χ2n) is 5.09. The summed E-state index contributed by atoms with van der Waals surface area (Å²) in [5, 5.41) is 8.91. The predicted octanol–water partition coefficient (Wildman–Crippen LogP) is 1.86. The molecule has 1 fully saturated rings. The Morgan fingerprint density at radius 2 is 2.05 bits per heavy atom. The fourth-order valence-corrected chi connectivity index (χ4v) is 2.46. The standard InChI is InChI=1S/C15H20FN3O/c1-12(10-17)19-7-5-18(6-8-19)11-13-3-4-15(20-2)14(16)9-13/h3-4,9,12H,5-8,11H2,1-2H3. The lowest BCUT2D eigenvalue weighted by Gasteiger charge is -2.35. The van der Waals surface area contributed by atoms with Crippen LogP contribution in [0.3, 0.4) is 0 Å². The van der Waals surface area contributed by atoms with E-state index in [4.69, 9.17) is 10.00 Å². The van der Waals surface area contributed by atoms with Crippen LogP contribution in [0.15, 0.2) is 18.2 Å². The molecule has 0 radical (unpaired) electrons. The van der Waals surface area contributed by atoms with Crippen molar-refractivity contribution in [2.75, 3.05) is 33.3 Å². The van der Waals surface area contributed by atoms with Gasteiger partial charge in [0.25, 0.3) is 0 Å². The van der Waals surface area contributed by atoms with Crippen LogP contribution in [0.25, 0.3) is 0 Å². The number of nitrogens with zero attached hydrogens (tertiary/aromatic N) is 3. The highest BCUT2D eigenvalue weighted by Crippen LogP contribution is 2.19. The molecule has 108 valence electrons.